The van der Waals surface area contributed by atoms with Crippen LogP contribution in [0.4, 0.5) is 0 Å². The number of rotatable bonds is 6. The summed E-state index contributed by atoms with van der Waals surface area (Å²) in [6, 6.07) is 8.19. The first-order valence-corrected chi connectivity index (χ1v) is 8.71. The molecule has 2 amide bonds. The molecular weight excluding hydrogens is 330 g/mol. The Balaban J connectivity index is 1.69. The van der Waals surface area contributed by atoms with Crippen LogP contribution in [0.15, 0.2) is 36.7 Å². The van der Waals surface area contributed by atoms with Gasteiger partial charge in [-0.2, -0.15) is 0 Å². The second-order valence-corrected chi connectivity index (χ2v) is 6.56. The van der Waals surface area contributed by atoms with E-state index in [9.17, 15) is 9.59 Å². The summed E-state index contributed by atoms with van der Waals surface area (Å²) < 4.78 is 0. The molecule has 1 saturated heterocycles. The van der Waals surface area contributed by atoms with Crippen LogP contribution in [0.2, 0.25) is 0 Å². The third-order valence-electron chi connectivity index (χ3n) is 4.59. The summed E-state index contributed by atoms with van der Waals surface area (Å²) in [6.07, 6.45) is 5.01. The minimum Gasteiger partial charge on any atom is -0.364 e. The minimum absolute atomic E-state index is 0.0418. The third kappa shape index (κ3) is 4.23. The highest BCUT2D eigenvalue weighted by Gasteiger charge is 2.18. The number of hydrogen-bond acceptors (Lipinski definition) is 5. The SMILES string of the molecule is CN(Cc1ccccc1CN1CCCC1)C(=O)c1cnc(C(N)=O)cn1. The monoisotopic (exact) mass is 353 g/mol. The molecule has 1 aliphatic rings. The molecule has 1 fully saturated rings. The highest BCUT2D eigenvalue weighted by Crippen LogP contribution is 2.17. The van der Waals surface area contributed by atoms with E-state index in [1.54, 1.807) is 11.9 Å². The minimum atomic E-state index is -0.666. The molecule has 1 aromatic carbocycles. The number of nitrogens with zero attached hydrogens (tertiary/aromatic N) is 4. The number of amides is 2. The van der Waals surface area contributed by atoms with E-state index in [-0.39, 0.29) is 17.3 Å². The van der Waals surface area contributed by atoms with Crippen molar-refractivity contribution in [3.8, 4) is 0 Å². The van der Waals surface area contributed by atoms with Crippen molar-refractivity contribution < 1.29 is 9.59 Å². The quantitative estimate of drug-likeness (QED) is 0.848. The standard InChI is InChI=1S/C19H23N5O2/c1-23(19(26)17-11-21-16(10-22-17)18(20)25)12-14-6-2-3-7-15(14)13-24-8-4-5-9-24/h2-3,6-7,10-11H,4-5,8-9,12-13H2,1H3,(H2,20,25). The lowest BCUT2D eigenvalue weighted by molar-refractivity contribution is 0.0777. The van der Waals surface area contributed by atoms with Gasteiger partial charge in [-0.3, -0.25) is 14.5 Å². The van der Waals surface area contributed by atoms with Gasteiger partial charge in [-0.05, 0) is 37.1 Å². The second-order valence-electron chi connectivity index (χ2n) is 6.56. The molecule has 0 saturated carbocycles. The maximum Gasteiger partial charge on any atom is 0.274 e. The van der Waals surface area contributed by atoms with Crippen molar-refractivity contribution in [3.05, 3.63) is 59.2 Å². The van der Waals surface area contributed by atoms with E-state index in [2.05, 4.69) is 27.0 Å². The van der Waals surface area contributed by atoms with Gasteiger partial charge >= 0.3 is 0 Å². The summed E-state index contributed by atoms with van der Waals surface area (Å²) in [6.45, 7) is 3.66. The van der Waals surface area contributed by atoms with E-state index >= 15 is 0 Å². The first kappa shape index (κ1) is 18.0. The zero-order valence-corrected chi connectivity index (χ0v) is 14.9. The van der Waals surface area contributed by atoms with Gasteiger partial charge in [-0.1, -0.05) is 24.3 Å². The van der Waals surface area contributed by atoms with Crippen LogP contribution in [0.1, 0.15) is 44.9 Å². The molecular formula is C19H23N5O2. The molecule has 7 heteroatoms. The summed E-state index contributed by atoms with van der Waals surface area (Å²) in [7, 11) is 1.73. The summed E-state index contributed by atoms with van der Waals surface area (Å²) in [5.74, 6) is -0.912. The van der Waals surface area contributed by atoms with Gasteiger partial charge < -0.3 is 10.6 Å². The first-order valence-electron chi connectivity index (χ1n) is 8.71. The predicted molar refractivity (Wildman–Crippen MR) is 97.3 cm³/mol. The number of aromatic nitrogens is 2. The molecule has 26 heavy (non-hydrogen) atoms. The molecule has 7 nitrogen and oxygen atoms in total. The molecule has 0 unspecified atom stereocenters. The van der Waals surface area contributed by atoms with Crippen molar-refractivity contribution in [3.63, 3.8) is 0 Å². The van der Waals surface area contributed by atoms with E-state index in [1.165, 1.54) is 30.8 Å². The largest absolute Gasteiger partial charge is 0.364 e. The topological polar surface area (TPSA) is 92.4 Å². The maximum absolute atomic E-state index is 12.6. The maximum atomic E-state index is 12.6. The Kier molecular flexibility index (Phi) is 5.58. The van der Waals surface area contributed by atoms with Gasteiger partial charge in [0, 0.05) is 20.1 Å². The van der Waals surface area contributed by atoms with Crippen LogP contribution in [0.25, 0.3) is 0 Å². The molecule has 0 spiro atoms. The van der Waals surface area contributed by atoms with Crippen LogP contribution < -0.4 is 5.73 Å². The van der Waals surface area contributed by atoms with Gasteiger partial charge in [-0.25, -0.2) is 9.97 Å². The number of nitrogens with two attached hydrogens (primary N) is 1. The van der Waals surface area contributed by atoms with Gasteiger partial charge in [0.05, 0.1) is 12.4 Å². The Morgan fingerprint density at radius 2 is 1.69 bits per heavy atom. The summed E-state index contributed by atoms with van der Waals surface area (Å²) >= 11 is 0. The van der Waals surface area contributed by atoms with E-state index in [0.29, 0.717) is 6.54 Å². The first-order chi connectivity index (χ1) is 12.5. The fraction of sp³-hybridized carbons (Fsp3) is 0.368. The van der Waals surface area contributed by atoms with Gasteiger partial charge in [0.2, 0.25) is 0 Å². The number of primary amides is 1. The van der Waals surface area contributed by atoms with Crippen molar-refractivity contribution >= 4 is 11.8 Å². The number of benzene rings is 1. The van der Waals surface area contributed by atoms with Crippen LogP contribution in [-0.2, 0) is 13.1 Å². The molecule has 3 rings (SSSR count). The Morgan fingerprint density at radius 1 is 1.08 bits per heavy atom. The van der Waals surface area contributed by atoms with Crippen LogP contribution >= 0.6 is 0 Å². The van der Waals surface area contributed by atoms with Crippen LogP contribution in [0, 0.1) is 0 Å². The van der Waals surface area contributed by atoms with Gasteiger partial charge in [0.1, 0.15) is 11.4 Å². The zero-order valence-electron chi connectivity index (χ0n) is 14.9. The molecule has 0 radical (unpaired) electrons. The second kappa shape index (κ2) is 8.05. The normalized spacial score (nSPS) is 14.3. The van der Waals surface area contributed by atoms with Crippen molar-refractivity contribution in [2.75, 3.05) is 20.1 Å². The van der Waals surface area contributed by atoms with Crippen LogP contribution in [0.3, 0.4) is 0 Å². The fourth-order valence-electron chi connectivity index (χ4n) is 3.14. The van der Waals surface area contributed by atoms with Gasteiger partial charge in [0.15, 0.2) is 0 Å². The number of likely N-dealkylation sites (tertiary alicyclic amines) is 1. The Bertz CT molecular complexity index is 785. The lowest BCUT2D eigenvalue weighted by Crippen LogP contribution is -2.28. The molecule has 0 aliphatic carbocycles. The molecule has 2 heterocycles. The average Bonchev–Trinajstić information content (AvgIpc) is 3.16. The van der Waals surface area contributed by atoms with E-state index in [1.807, 2.05) is 12.1 Å². The zero-order chi connectivity index (χ0) is 18.5. The predicted octanol–water partition coefficient (Wildman–Crippen LogP) is 1.44. The van der Waals surface area contributed by atoms with Crippen LogP contribution in [-0.4, -0.2) is 51.7 Å². The lowest BCUT2D eigenvalue weighted by Gasteiger charge is -2.21. The number of carbonyl (C=O) groups is 2. The van der Waals surface area contributed by atoms with Crippen molar-refractivity contribution in [2.24, 2.45) is 5.73 Å². The summed E-state index contributed by atoms with van der Waals surface area (Å²) in [4.78, 5) is 35.6. The summed E-state index contributed by atoms with van der Waals surface area (Å²) in [5, 5.41) is 0. The average molecular weight is 353 g/mol. The Labute approximate surface area is 152 Å². The highest BCUT2D eigenvalue weighted by molar-refractivity contribution is 5.93. The fourth-order valence-corrected chi connectivity index (χ4v) is 3.14. The smallest absolute Gasteiger partial charge is 0.274 e. The third-order valence-corrected chi connectivity index (χ3v) is 4.59. The molecule has 136 valence electrons. The van der Waals surface area contributed by atoms with Crippen LogP contribution in [0.5, 0.6) is 0 Å². The highest BCUT2D eigenvalue weighted by atomic mass is 16.2. The number of hydrogen-bond donors (Lipinski definition) is 1. The lowest BCUT2D eigenvalue weighted by atomic mass is 10.1. The molecule has 1 aromatic heterocycles. The van der Waals surface area contributed by atoms with Crippen molar-refractivity contribution in [1.82, 2.24) is 19.8 Å². The van der Waals surface area contributed by atoms with E-state index in [0.717, 1.165) is 25.2 Å². The molecule has 2 N–H and O–H groups in total. The molecule has 2 aromatic rings. The van der Waals surface area contributed by atoms with E-state index < -0.39 is 5.91 Å². The molecule has 1 aliphatic heterocycles. The molecule has 0 atom stereocenters. The van der Waals surface area contributed by atoms with Crippen molar-refractivity contribution in [1.29, 1.82) is 0 Å². The van der Waals surface area contributed by atoms with Gasteiger partial charge in [0.25, 0.3) is 11.8 Å². The van der Waals surface area contributed by atoms with E-state index in [4.69, 9.17) is 5.73 Å². The summed E-state index contributed by atoms with van der Waals surface area (Å²) in [5.41, 5.74) is 7.74. The van der Waals surface area contributed by atoms with Gasteiger partial charge in [-0.15, -0.1) is 0 Å². The van der Waals surface area contributed by atoms with Crippen molar-refractivity contribution in [2.45, 2.75) is 25.9 Å². The Morgan fingerprint density at radius 3 is 2.31 bits per heavy atom. The number of carbonyl (C=O) groups excluding carboxylic acids is 2. The Hall–Kier alpha value is -2.80. The molecule has 0 bridgehead atoms.